The molecule has 0 aliphatic rings. The molecule has 0 aromatic rings. The molecule has 0 aromatic heterocycles. The van der Waals surface area contributed by atoms with Gasteiger partial charge in [0.1, 0.15) is 0 Å². The Bertz CT molecular complexity index is 180. The fourth-order valence-corrected chi connectivity index (χ4v) is 0.267. The van der Waals surface area contributed by atoms with Crippen LogP contribution in [-0.4, -0.2) is 36.1 Å². The van der Waals surface area contributed by atoms with Gasteiger partial charge in [-0.05, 0) is 0 Å². The maximum atomic E-state index is 9.59. The summed E-state index contributed by atoms with van der Waals surface area (Å²) in [5.41, 5.74) is 0. The Morgan fingerprint density at radius 3 is 1.40 bits per heavy atom. The first-order valence-corrected chi connectivity index (χ1v) is 3.16. The molecule has 0 aromatic carbocycles. The first-order valence-electron chi connectivity index (χ1n) is 3.16. The van der Waals surface area contributed by atoms with Crippen molar-refractivity contribution in [2.45, 2.75) is 6.92 Å². The monoisotopic (exact) mass is 237 g/mol. The Balaban J connectivity index is -0.0000000883. The van der Waals surface area contributed by atoms with Crippen LogP contribution in [-0.2, 0) is 14.4 Å². The number of hydrogen-bond acceptors (Lipinski definition) is 6. The van der Waals surface area contributed by atoms with Gasteiger partial charge in [0.15, 0.2) is 0 Å². The van der Waals surface area contributed by atoms with Crippen molar-refractivity contribution in [1.82, 2.24) is 5.32 Å². The van der Waals surface area contributed by atoms with Crippen molar-refractivity contribution in [1.29, 1.82) is 0 Å². The molecule has 2 N–H and O–H groups in total. The van der Waals surface area contributed by atoms with E-state index >= 15 is 0 Å². The Morgan fingerprint density at radius 1 is 1.07 bits per heavy atom. The summed E-state index contributed by atoms with van der Waals surface area (Å²) < 4.78 is 0. The van der Waals surface area contributed by atoms with E-state index in [9.17, 15) is 19.8 Å². The van der Waals surface area contributed by atoms with Gasteiger partial charge < -0.3 is 30.2 Å². The van der Waals surface area contributed by atoms with E-state index in [4.69, 9.17) is 9.90 Å². The number of rotatable bonds is 4. The minimum Gasteiger partial charge on any atom is -0.549 e. The summed E-state index contributed by atoms with van der Waals surface area (Å²) in [6.07, 6.45) is 0. The third-order valence-corrected chi connectivity index (χ3v) is 0.539. The van der Waals surface area contributed by atoms with E-state index in [-0.39, 0.29) is 59.1 Å². The quantitative estimate of drug-likeness (QED) is 0.464. The van der Waals surface area contributed by atoms with Crippen LogP contribution in [0.2, 0.25) is 0 Å². The summed E-state index contributed by atoms with van der Waals surface area (Å²) >= 11 is 0. The minimum absolute atomic E-state index is 0. The molecule has 0 radical (unpaired) electrons. The fourth-order valence-electron chi connectivity index (χ4n) is 0.267. The van der Waals surface area contributed by atoms with Crippen LogP contribution in [0.5, 0.6) is 0 Å². The molecule has 0 heterocycles. The molecule has 9 heteroatoms. The molecule has 0 amide bonds. The Labute approximate surface area is 131 Å². The van der Waals surface area contributed by atoms with Crippen LogP contribution in [0.1, 0.15) is 6.92 Å². The molecular weight excluding hydrogens is 228 g/mol. The van der Waals surface area contributed by atoms with E-state index in [0.29, 0.717) is 0 Å². The van der Waals surface area contributed by atoms with Crippen molar-refractivity contribution < 1.29 is 88.8 Å². The maximum absolute atomic E-state index is 9.59. The number of carboxylic acids is 3. The second kappa shape index (κ2) is 16.8. The number of nitrogens with one attached hydrogen (secondary N) is 1. The summed E-state index contributed by atoms with van der Waals surface area (Å²) in [5, 5.41) is 28.7. The van der Waals surface area contributed by atoms with Crippen molar-refractivity contribution in [3.8, 4) is 0 Å². The average Bonchev–Trinajstić information content (AvgIpc) is 1.83. The van der Waals surface area contributed by atoms with Gasteiger partial charge in [-0.3, -0.25) is 4.79 Å². The zero-order valence-electron chi connectivity index (χ0n) is 8.90. The number of aliphatic carboxylic acids is 3. The molecule has 0 saturated carbocycles. The summed E-state index contributed by atoms with van der Waals surface area (Å²) in [6, 6.07) is 0. The third-order valence-electron chi connectivity index (χ3n) is 0.539. The zero-order valence-corrected chi connectivity index (χ0v) is 12.9. The second-order valence-electron chi connectivity index (χ2n) is 1.87. The summed E-state index contributed by atoms with van der Waals surface area (Å²) in [4.78, 5) is 28.2. The Kier molecular flexibility index (Phi) is 27.5. The van der Waals surface area contributed by atoms with Crippen molar-refractivity contribution >= 4 is 17.9 Å². The molecule has 0 fully saturated rings. The van der Waals surface area contributed by atoms with Gasteiger partial charge in [0, 0.05) is 20.0 Å². The van der Waals surface area contributed by atoms with Gasteiger partial charge in [-0.25, -0.2) is 0 Å². The number of carbonyl (C=O) groups is 3. The van der Waals surface area contributed by atoms with Gasteiger partial charge >= 0.3 is 59.1 Å². The summed E-state index contributed by atoms with van der Waals surface area (Å²) in [5.74, 6) is -3.51. The first kappa shape index (κ1) is 24.6. The minimum atomic E-state index is -1.34. The van der Waals surface area contributed by atoms with Crippen LogP contribution in [0.4, 0.5) is 0 Å². The van der Waals surface area contributed by atoms with Crippen LogP contribution in [0.15, 0.2) is 0 Å². The molecule has 0 spiro atoms. The molecular formula is C6H9NNa2O6. The van der Waals surface area contributed by atoms with Gasteiger partial charge in [-0.15, -0.1) is 0 Å². The molecule has 76 valence electrons. The standard InChI is InChI=1S/C4H7NO4.C2H4O2.2Na/c6-3(7)1-5-2-4(8)9;1-2(3)4;;/h5H,1-2H2,(H,6,7)(H,8,9);1H3,(H,3,4);;/q;;2*+1/p-2. The van der Waals surface area contributed by atoms with Crippen LogP contribution in [0.3, 0.4) is 0 Å². The van der Waals surface area contributed by atoms with E-state index in [2.05, 4.69) is 5.32 Å². The van der Waals surface area contributed by atoms with E-state index in [1.54, 1.807) is 0 Å². The topological polar surface area (TPSA) is 130 Å². The van der Waals surface area contributed by atoms with Gasteiger partial charge in [-0.1, -0.05) is 0 Å². The molecule has 15 heavy (non-hydrogen) atoms. The van der Waals surface area contributed by atoms with Gasteiger partial charge in [0.05, 0.1) is 11.9 Å². The zero-order chi connectivity index (χ0) is 10.9. The average molecular weight is 237 g/mol. The Morgan fingerprint density at radius 2 is 1.27 bits per heavy atom. The number of hydrogen-bond donors (Lipinski definition) is 2. The molecule has 0 unspecified atom stereocenters. The number of carbonyl (C=O) groups excluding carboxylic acids is 2. The van der Waals surface area contributed by atoms with Crippen LogP contribution in [0, 0.1) is 0 Å². The van der Waals surface area contributed by atoms with E-state index in [1.165, 1.54) is 0 Å². The SMILES string of the molecule is CC(=O)O.O=C([O-])CNCC(=O)[O-].[Na+].[Na+]. The summed E-state index contributed by atoms with van der Waals surface area (Å²) in [6.45, 7) is 0.155. The second-order valence-corrected chi connectivity index (χ2v) is 1.87. The largest absolute Gasteiger partial charge is 1.00 e. The third kappa shape index (κ3) is 54.2. The van der Waals surface area contributed by atoms with E-state index in [1.807, 2.05) is 0 Å². The first-order chi connectivity index (χ1) is 5.86. The summed E-state index contributed by atoms with van der Waals surface area (Å²) in [7, 11) is 0. The molecule has 0 atom stereocenters. The fraction of sp³-hybridized carbons (Fsp3) is 0.500. The maximum Gasteiger partial charge on any atom is 1.00 e. The van der Waals surface area contributed by atoms with Crippen LogP contribution < -0.4 is 74.6 Å². The van der Waals surface area contributed by atoms with Crippen molar-refractivity contribution in [3.05, 3.63) is 0 Å². The van der Waals surface area contributed by atoms with Crippen molar-refractivity contribution in [2.24, 2.45) is 0 Å². The number of carboxylic acid groups (broad SMARTS) is 3. The van der Waals surface area contributed by atoms with Crippen LogP contribution >= 0.6 is 0 Å². The van der Waals surface area contributed by atoms with Crippen molar-refractivity contribution in [2.75, 3.05) is 13.1 Å². The van der Waals surface area contributed by atoms with E-state index < -0.39 is 31.0 Å². The normalized spacial score (nSPS) is 7.00. The molecule has 0 rings (SSSR count). The van der Waals surface area contributed by atoms with Gasteiger partial charge in [0.25, 0.3) is 5.97 Å². The smallest absolute Gasteiger partial charge is 0.549 e. The predicted octanol–water partition coefficient (Wildman–Crippen LogP) is -9.83. The van der Waals surface area contributed by atoms with Gasteiger partial charge in [0.2, 0.25) is 0 Å². The van der Waals surface area contributed by atoms with E-state index in [0.717, 1.165) is 6.92 Å². The Hall–Kier alpha value is 0.370. The molecule has 7 nitrogen and oxygen atoms in total. The molecule has 0 aliphatic heterocycles. The van der Waals surface area contributed by atoms with Gasteiger partial charge in [-0.2, -0.15) is 0 Å². The molecule has 0 aliphatic carbocycles. The molecule has 0 saturated heterocycles. The predicted molar refractivity (Wildman–Crippen MR) is 36.2 cm³/mol. The molecule has 0 bridgehead atoms. The van der Waals surface area contributed by atoms with Crippen LogP contribution in [0.25, 0.3) is 0 Å². The van der Waals surface area contributed by atoms with Crippen molar-refractivity contribution in [3.63, 3.8) is 0 Å².